The molecule has 0 aliphatic carbocycles. The number of ketones is 1. The fourth-order valence-corrected chi connectivity index (χ4v) is 4.31. The Hall–Kier alpha value is -3.43. The van der Waals surface area contributed by atoms with Gasteiger partial charge in [-0.3, -0.25) is 9.59 Å². The molecule has 0 spiro atoms. The molecule has 10 heteroatoms. The fraction of sp³-hybridized carbons (Fsp3) is 0.423. The molecule has 1 fully saturated rings. The predicted octanol–water partition coefficient (Wildman–Crippen LogP) is 5.47. The van der Waals surface area contributed by atoms with Crippen molar-refractivity contribution in [2.75, 3.05) is 19.6 Å². The third-order valence-electron chi connectivity index (χ3n) is 6.17. The van der Waals surface area contributed by atoms with Gasteiger partial charge >= 0.3 is 18.2 Å². The number of hydrogen-bond donors (Lipinski definition) is 1. The van der Waals surface area contributed by atoms with Crippen LogP contribution in [0, 0.1) is 5.82 Å². The Bertz CT molecular complexity index is 1070. The molecule has 1 N–H and O–H groups in total. The van der Waals surface area contributed by atoms with Crippen molar-refractivity contribution in [1.29, 1.82) is 0 Å². The lowest BCUT2D eigenvalue weighted by atomic mass is 10.00. The third kappa shape index (κ3) is 7.53. The quantitative estimate of drug-likeness (QED) is 0.305. The third-order valence-corrected chi connectivity index (χ3v) is 6.17. The summed E-state index contributed by atoms with van der Waals surface area (Å²) in [5, 5.41) is 9.32. The number of halogens is 4. The first-order valence-corrected chi connectivity index (χ1v) is 11.7. The van der Waals surface area contributed by atoms with E-state index in [9.17, 15) is 37.1 Å². The summed E-state index contributed by atoms with van der Waals surface area (Å²) in [5.41, 5.74) is -0.0178. The van der Waals surface area contributed by atoms with Crippen molar-refractivity contribution >= 4 is 17.8 Å². The van der Waals surface area contributed by atoms with Crippen LogP contribution in [0.2, 0.25) is 0 Å². The molecule has 2 aromatic rings. The molecule has 2 amide bonds. The number of carboxylic acids is 1. The van der Waals surface area contributed by atoms with Gasteiger partial charge in [-0.25, -0.2) is 9.18 Å². The first kappa shape index (κ1) is 27.2. The van der Waals surface area contributed by atoms with Crippen molar-refractivity contribution in [2.24, 2.45) is 0 Å². The normalized spacial score (nSPS) is 14.8. The van der Waals surface area contributed by atoms with E-state index in [0.717, 1.165) is 17.7 Å². The zero-order valence-electron chi connectivity index (χ0n) is 19.6. The highest BCUT2D eigenvalue weighted by Crippen LogP contribution is 2.34. The zero-order valence-corrected chi connectivity index (χ0v) is 19.6. The van der Waals surface area contributed by atoms with E-state index in [0.29, 0.717) is 38.8 Å². The minimum Gasteiger partial charge on any atom is -0.481 e. The highest BCUT2D eigenvalue weighted by atomic mass is 19.4. The number of carbonyl (C=O) groups excluding carboxylic acids is 2. The molecular weight excluding hydrogens is 480 g/mol. The molecule has 1 aliphatic heterocycles. The van der Waals surface area contributed by atoms with Gasteiger partial charge < -0.3 is 14.9 Å². The highest BCUT2D eigenvalue weighted by molar-refractivity contribution is 5.80. The largest absolute Gasteiger partial charge is 0.481 e. The van der Waals surface area contributed by atoms with Crippen molar-refractivity contribution in [3.05, 3.63) is 71.0 Å². The van der Waals surface area contributed by atoms with E-state index >= 15 is 0 Å². The Morgan fingerprint density at radius 3 is 2.39 bits per heavy atom. The minimum atomic E-state index is -4.58. The Morgan fingerprint density at radius 2 is 1.72 bits per heavy atom. The number of alkyl halides is 3. The molecule has 194 valence electrons. The van der Waals surface area contributed by atoms with E-state index in [1.165, 1.54) is 29.2 Å². The van der Waals surface area contributed by atoms with Gasteiger partial charge in [0, 0.05) is 32.5 Å². The molecule has 1 saturated heterocycles. The Labute approximate surface area is 206 Å². The second-order valence-electron chi connectivity index (χ2n) is 8.85. The summed E-state index contributed by atoms with van der Waals surface area (Å²) in [6, 6.07) is 8.78. The Balaban J connectivity index is 1.50. The van der Waals surface area contributed by atoms with Gasteiger partial charge in [0.05, 0.1) is 18.0 Å². The van der Waals surface area contributed by atoms with Crippen LogP contribution in [-0.2, 0) is 22.2 Å². The van der Waals surface area contributed by atoms with Gasteiger partial charge in [0.15, 0.2) is 0 Å². The summed E-state index contributed by atoms with van der Waals surface area (Å²) in [4.78, 5) is 39.3. The van der Waals surface area contributed by atoms with Gasteiger partial charge in [-0.1, -0.05) is 30.7 Å². The predicted molar refractivity (Wildman–Crippen MR) is 124 cm³/mol. The van der Waals surface area contributed by atoms with E-state index in [4.69, 9.17) is 0 Å². The molecule has 36 heavy (non-hydrogen) atoms. The van der Waals surface area contributed by atoms with Crippen molar-refractivity contribution in [3.63, 3.8) is 0 Å². The van der Waals surface area contributed by atoms with Gasteiger partial charge in [0.1, 0.15) is 11.6 Å². The van der Waals surface area contributed by atoms with E-state index < -0.39 is 36.2 Å². The SMILES string of the molecule is O=C(O)C[C@@H](c1cccc(C(F)(F)F)c1)N1CCN(CCCCCC(=O)Cc2ccc(F)cc2)C1=O. The van der Waals surface area contributed by atoms with Crippen LogP contribution in [0.4, 0.5) is 22.4 Å². The van der Waals surface area contributed by atoms with Crippen molar-refractivity contribution in [3.8, 4) is 0 Å². The maximum absolute atomic E-state index is 13.1. The average Bonchev–Trinajstić information content (AvgIpc) is 3.18. The number of carboxylic acid groups (broad SMARTS) is 1. The minimum absolute atomic E-state index is 0.0441. The molecular formula is C26H28F4N2O4. The fourth-order valence-electron chi connectivity index (χ4n) is 4.31. The number of unbranched alkanes of at least 4 members (excludes halogenated alkanes) is 2. The smallest absolute Gasteiger partial charge is 0.416 e. The topological polar surface area (TPSA) is 77.9 Å². The van der Waals surface area contributed by atoms with Crippen molar-refractivity contribution < 1.29 is 37.1 Å². The molecule has 0 unspecified atom stereocenters. The van der Waals surface area contributed by atoms with Crippen LogP contribution in [0.1, 0.15) is 54.8 Å². The standard InChI is InChI=1S/C26H28F4N2O4/c27-21-10-8-18(9-11-21)15-22(33)7-2-1-3-12-31-13-14-32(25(31)36)23(17-24(34)35)19-5-4-6-20(16-19)26(28,29)30/h4-6,8-11,16,23H,1-3,7,12-15,17H2,(H,34,35)/t23-/m0/s1. The van der Waals surface area contributed by atoms with Crippen LogP contribution in [0.15, 0.2) is 48.5 Å². The number of Topliss-reactive ketones (excluding diaryl/α,β-unsaturated/α-hetero) is 1. The first-order chi connectivity index (χ1) is 17.0. The van der Waals surface area contributed by atoms with Crippen LogP contribution >= 0.6 is 0 Å². The lowest BCUT2D eigenvalue weighted by molar-refractivity contribution is -0.138. The number of hydrogen-bond acceptors (Lipinski definition) is 3. The van der Waals surface area contributed by atoms with Gasteiger partial charge in [-0.2, -0.15) is 13.2 Å². The second-order valence-corrected chi connectivity index (χ2v) is 8.85. The molecule has 1 aliphatic rings. The molecule has 3 rings (SSSR count). The lowest BCUT2D eigenvalue weighted by Crippen LogP contribution is -2.36. The van der Waals surface area contributed by atoms with E-state index in [2.05, 4.69) is 0 Å². The number of nitrogens with zero attached hydrogens (tertiary/aromatic N) is 2. The number of rotatable bonds is 12. The maximum Gasteiger partial charge on any atom is 0.416 e. The van der Waals surface area contributed by atoms with E-state index in [-0.39, 0.29) is 30.1 Å². The Morgan fingerprint density at radius 1 is 1.00 bits per heavy atom. The molecule has 2 aromatic carbocycles. The van der Waals surface area contributed by atoms with Crippen molar-refractivity contribution in [2.45, 2.75) is 50.7 Å². The summed E-state index contributed by atoms with van der Waals surface area (Å²) in [7, 11) is 0. The first-order valence-electron chi connectivity index (χ1n) is 11.7. The van der Waals surface area contributed by atoms with E-state index in [1.807, 2.05) is 0 Å². The number of aliphatic carboxylic acids is 1. The van der Waals surface area contributed by atoms with Gasteiger partial charge in [-0.05, 0) is 48.2 Å². The van der Waals surface area contributed by atoms with Crippen LogP contribution in [0.25, 0.3) is 0 Å². The number of benzene rings is 2. The zero-order chi connectivity index (χ0) is 26.3. The Kier molecular flexibility index (Phi) is 9.06. The van der Waals surface area contributed by atoms with Crippen molar-refractivity contribution in [1.82, 2.24) is 9.80 Å². The molecule has 6 nitrogen and oxygen atoms in total. The van der Waals surface area contributed by atoms with E-state index in [1.54, 1.807) is 17.0 Å². The van der Waals surface area contributed by atoms with Gasteiger partial charge in [0.2, 0.25) is 0 Å². The van der Waals surface area contributed by atoms with Gasteiger partial charge in [-0.15, -0.1) is 0 Å². The summed E-state index contributed by atoms with van der Waals surface area (Å²) in [6.07, 6.45) is -2.50. The molecule has 0 aromatic heterocycles. The van der Waals surface area contributed by atoms with Gasteiger partial charge in [0.25, 0.3) is 0 Å². The number of amides is 2. The van der Waals surface area contributed by atoms with Crippen LogP contribution in [-0.4, -0.2) is 52.3 Å². The average molecular weight is 509 g/mol. The summed E-state index contributed by atoms with van der Waals surface area (Å²) in [5.74, 6) is -1.53. The number of carbonyl (C=O) groups is 3. The molecule has 0 saturated carbocycles. The molecule has 0 bridgehead atoms. The highest BCUT2D eigenvalue weighted by Gasteiger charge is 2.37. The van der Waals surface area contributed by atoms with Crippen LogP contribution in [0.3, 0.4) is 0 Å². The second kappa shape index (κ2) is 12.0. The lowest BCUT2D eigenvalue weighted by Gasteiger charge is -2.28. The molecule has 0 radical (unpaired) electrons. The summed E-state index contributed by atoms with van der Waals surface area (Å²) < 4.78 is 52.4. The van der Waals surface area contributed by atoms with Crippen LogP contribution in [0.5, 0.6) is 0 Å². The summed E-state index contributed by atoms with van der Waals surface area (Å²) >= 11 is 0. The number of urea groups is 1. The molecule has 1 heterocycles. The monoisotopic (exact) mass is 508 g/mol. The maximum atomic E-state index is 13.1. The van der Waals surface area contributed by atoms with Crippen LogP contribution < -0.4 is 0 Å². The summed E-state index contributed by atoms with van der Waals surface area (Å²) in [6.45, 7) is 0.963. The molecule has 1 atom stereocenters.